The third-order valence-electron chi connectivity index (χ3n) is 4.10. The fourth-order valence-electron chi connectivity index (χ4n) is 3.02. The lowest BCUT2D eigenvalue weighted by Gasteiger charge is -2.29. The summed E-state index contributed by atoms with van der Waals surface area (Å²) in [4.78, 5) is 12.5. The molecule has 1 N–H and O–H groups in total. The van der Waals surface area contributed by atoms with E-state index in [1.54, 1.807) is 4.68 Å². The van der Waals surface area contributed by atoms with E-state index >= 15 is 0 Å². The van der Waals surface area contributed by atoms with Crippen LogP contribution in [0, 0.1) is 13.8 Å². The Morgan fingerprint density at radius 3 is 2.80 bits per heavy atom. The monoisotopic (exact) mass is 295 g/mol. The van der Waals surface area contributed by atoms with E-state index in [9.17, 15) is 4.79 Å². The van der Waals surface area contributed by atoms with Gasteiger partial charge in [-0.15, -0.1) is 0 Å². The molecule has 1 aromatic rings. The second-order valence-corrected chi connectivity index (χ2v) is 7.16. The zero-order valence-electron chi connectivity index (χ0n) is 12.9. The van der Waals surface area contributed by atoms with E-state index in [1.165, 1.54) is 12.8 Å². The lowest BCUT2D eigenvalue weighted by atomic mass is 9.94. The Labute approximate surface area is 125 Å². The summed E-state index contributed by atoms with van der Waals surface area (Å²) < 4.78 is 1.78. The normalized spacial score (nSPS) is 22.8. The molecule has 20 heavy (non-hydrogen) atoms. The first kappa shape index (κ1) is 15.4. The number of carbonyl (C=O) groups excluding carboxylic acids is 1. The molecule has 0 aliphatic heterocycles. The van der Waals surface area contributed by atoms with Gasteiger partial charge in [0.25, 0.3) is 5.91 Å². The topological polar surface area (TPSA) is 46.9 Å². The molecule has 1 aliphatic rings. The third-order valence-corrected chi connectivity index (χ3v) is 5.33. The first-order chi connectivity index (χ1) is 9.52. The molecule has 1 aromatic heterocycles. The molecule has 1 amide bonds. The van der Waals surface area contributed by atoms with Crippen molar-refractivity contribution in [2.24, 2.45) is 7.05 Å². The highest BCUT2D eigenvalue weighted by Gasteiger charge is 2.25. The minimum Gasteiger partial charge on any atom is -0.349 e. The average Bonchev–Trinajstić information content (AvgIpc) is 2.64. The summed E-state index contributed by atoms with van der Waals surface area (Å²) in [6.07, 6.45) is 4.71. The molecule has 0 unspecified atom stereocenters. The van der Waals surface area contributed by atoms with E-state index in [1.807, 2.05) is 32.7 Å². The molecule has 1 fully saturated rings. The van der Waals surface area contributed by atoms with E-state index in [-0.39, 0.29) is 5.91 Å². The highest BCUT2D eigenvalue weighted by molar-refractivity contribution is 7.99. The van der Waals surface area contributed by atoms with Crippen molar-refractivity contribution in [1.29, 1.82) is 0 Å². The van der Waals surface area contributed by atoms with Crippen molar-refractivity contribution in [2.45, 2.75) is 57.7 Å². The maximum atomic E-state index is 12.5. The Bertz CT molecular complexity index is 482. The van der Waals surface area contributed by atoms with Crippen LogP contribution in [0.1, 0.15) is 54.4 Å². The maximum Gasteiger partial charge on any atom is 0.255 e. The number of nitrogens with one attached hydrogen (secondary N) is 1. The summed E-state index contributed by atoms with van der Waals surface area (Å²) in [7, 11) is 1.88. The Hall–Kier alpha value is -0.970. The van der Waals surface area contributed by atoms with Crippen molar-refractivity contribution in [3.05, 3.63) is 17.0 Å². The number of nitrogens with zero attached hydrogens (tertiary/aromatic N) is 2. The molecule has 1 aliphatic carbocycles. The molecule has 1 saturated carbocycles. The van der Waals surface area contributed by atoms with E-state index in [0.717, 1.165) is 35.5 Å². The SMILES string of the molecule is CCS[C@H]1CCC[C@@H](NC(=O)c2c(C)nn(C)c2C)C1. The largest absolute Gasteiger partial charge is 0.349 e. The minimum absolute atomic E-state index is 0.0419. The smallest absolute Gasteiger partial charge is 0.255 e. The van der Waals surface area contributed by atoms with Gasteiger partial charge < -0.3 is 5.32 Å². The Morgan fingerprint density at radius 1 is 1.45 bits per heavy atom. The van der Waals surface area contributed by atoms with E-state index in [4.69, 9.17) is 0 Å². The van der Waals surface area contributed by atoms with Gasteiger partial charge in [-0.25, -0.2) is 0 Å². The van der Waals surface area contributed by atoms with Crippen LogP contribution >= 0.6 is 11.8 Å². The van der Waals surface area contributed by atoms with Crippen LogP contribution in [0.5, 0.6) is 0 Å². The molecule has 0 bridgehead atoms. The lowest BCUT2D eigenvalue weighted by Crippen LogP contribution is -2.39. The van der Waals surface area contributed by atoms with Crippen molar-refractivity contribution in [3.63, 3.8) is 0 Å². The molecule has 0 saturated heterocycles. The molecule has 5 heteroatoms. The van der Waals surface area contributed by atoms with Gasteiger partial charge in [-0.3, -0.25) is 9.48 Å². The highest BCUT2D eigenvalue weighted by Crippen LogP contribution is 2.28. The van der Waals surface area contributed by atoms with Gasteiger partial charge >= 0.3 is 0 Å². The molecule has 1 heterocycles. The van der Waals surface area contributed by atoms with Crippen molar-refractivity contribution < 1.29 is 4.79 Å². The third kappa shape index (κ3) is 3.37. The summed E-state index contributed by atoms with van der Waals surface area (Å²) in [5.74, 6) is 1.20. The number of rotatable bonds is 4. The Kier molecular flexibility index (Phi) is 5.13. The van der Waals surface area contributed by atoms with Gasteiger partial charge in [0.15, 0.2) is 0 Å². The van der Waals surface area contributed by atoms with E-state index in [0.29, 0.717) is 11.3 Å². The van der Waals surface area contributed by atoms with Gasteiger partial charge in [0.05, 0.1) is 11.3 Å². The molecule has 2 atom stereocenters. The number of hydrogen-bond acceptors (Lipinski definition) is 3. The van der Waals surface area contributed by atoms with Crippen molar-refractivity contribution in [3.8, 4) is 0 Å². The molecule has 112 valence electrons. The van der Waals surface area contributed by atoms with Crippen LogP contribution in [-0.2, 0) is 7.05 Å². The van der Waals surface area contributed by atoms with Crippen LogP contribution in [0.4, 0.5) is 0 Å². The zero-order valence-corrected chi connectivity index (χ0v) is 13.7. The van der Waals surface area contributed by atoms with E-state index < -0.39 is 0 Å². The van der Waals surface area contributed by atoms with Gasteiger partial charge in [0, 0.05) is 24.0 Å². The standard InChI is InChI=1S/C15H25N3OS/c1-5-20-13-8-6-7-12(9-13)16-15(19)14-10(2)17-18(4)11(14)3/h12-13H,5-9H2,1-4H3,(H,16,19)/t12-,13+/m1/s1. The fraction of sp³-hybridized carbons (Fsp3) is 0.733. The predicted octanol–water partition coefficient (Wildman–Crippen LogP) is 2.83. The summed E-state index contributed by atoms with van der Waals surface area (Å²) >= 11 is 2.02. The van der Waals surface area contributed by atoms with Gasteiger partial charge in [-0.05, 0) is 38.9 Å². The number of amides is 1. The highest BCUT2D eigenvalue weighted by atomic mass is 32.2. The molecule has 0 radical (unpaired) electrons. The summed E-state index contributed by atoms with van der Waals surface area (Å²) in [6.45, 7) is 6.05. The average molecular weight is 295 g/mol. The van der Waals surface area contributed by atoms with Crippen LogP contribution in [0.15, 0.2) is 0 Å². The number of aromatic nitrogens is 2. The summed E-state index contributed by atoms with van der Waals surface area (Å²) in [6, 6.07) is 0.319. The number of carbonyl (C=O) groups is 1. The number of hydrogen-bond donors (Lipinski definition) is 1. The molecule has 4 nitrogen and oxygen atoms in total. The number of aryl methyl sites for hydroxylation is 2. The second-order valence-electron chi connectivity index (χ2n) is 5.58. The van der Waals surface area contributed by atoms with Gasteiger partial charge in [-0.2, -0.15) is 16.9 Å². The van der Waals surface area contributed by atoms with Crippen LogP contribution in [-0.4, -0.2) is 32.7 Å². The minimum atomic E-state index is 0.0419. The molecule has 0 spiro atoms. The second kappa shape index (κ2) is 6.66. The quantitative estimate of drug-likeness (QED) is 0.929. The molecule has 2 rings (SSSR count). The zero-order chi connectivity index (χ0) is 14.7. The molecule has 0 aromatic carbocycles. The van der Waals surface area contributed by atoms with Crippen molar-refractivity contribution in [1.82, 2.24) is 15.1 Å². The summed E-state index contributed by atoms with van der Waals surface area (Å²) in [5.41, 5.74) is 2.51. The molecular weight excluding hydrogens is 270 g/mol. The fourth-order valence-corrected chi connectivity index (χ4v) is 4.20. The maximum absolute atomic E-state index is 12.5. The Morgan fingerprint density at radius 2 is 2.20 bits per heavy atom. The van der Waals surface area contributed by atoms with Crippen LogP contribution in [0.25, 0.3) is 0 Å². The van der Waals surface area contributed by atoms with Crippen molar-refractivity contribution >= 4 is 17.7 Å². The van der Waals surface area contributed by atoms with Crippen LogP contribution in [0.3, 0.4) is 0 Å². The first-order valence-corrected chi connectivity index (χ1v) is 8.50. The number of thioether (sulfide) groups is 1. The van der Waals surface area contributed by atoms with Crippen LogP contribution in [0.2, 0.25) is 0 Å². The van der Waals surface area contributed by atoms with Crippen LogP contribution < -0.4 is 5.32 Å². The lowest BCUT2D eigenvalue weighted by molar-refractivity contribution is 0.0927. The summed E-state index contributed by atoms with van der Waals surface area (Å²) in [5, 5.41) is 8.24. The Balaban J connectivity index is 2.00. The van der Waals surface area contributed by atoms with E-state index in [2.05, 4.69) is 17.3 Å². The van der Waals surface area contributed by atoms with Gasteiger partial charge in [-0.1, -0.05) is 13.3 Å². The predicted molar refractivity (Wildman–Crippen MR) is 84.3 cm³/mol. The first-order valence-electron chi connectivity index (χ1n) is 7.45. The molecular formula is C15H25N3OS. The van der Waals surface area contributed by atoms with Gasteiger partial charge in [0.2, 0.25) is 0 Å². The van der Waals surface area contributed by atoms with Gasteiger partial charge in [0.1, 0.15) is 0 Å². The van der Waals surface area contributed by atoms with Crippen molar-refractivity contribution in [2.75, 3.05) is 5.75 Å².